The summed E-state index contributed by atoms with van der Waals surface area (Å²) in [4.78, 5) is 25.3. The standard InChI is InChI=1S/C18H17ClF2N2O2/c1-23(11-17(24)22-16-5-3-2-4-14(16)19)18(25)9-6-12-10-13(20)7-8-15(12)21/h2-5,7-8,10H,6,9,11H2,1H3,(H,22,24). The molecule has 0 aromatic heterocycles. The fraction of sp³-hybridized carbons (Fsp3) is 0.222. The highest BCUT2D eigenvalue weighted by atomic mass is 35.5. The van der Waals surface area contributed by atoms with Gasteiger partial charge in [-0.2, -0.15) is 0 Å². The van der Waals surface area contributed by atoms with E-state index in [-0.39, 0.29) is 30.9 Å². The number of hydrogen-bond donors (Lipinski definition) is 1. The summed E-state index contributed by atoms with van der Waals surface area (Å²) in [6.45, 7) is -0.171. The van der Waals surface area contributed by atoms with Gasteiger partial charge >= 0.3 is 0 Å². The van der Waals surface area contributed by atoms with E-state index in [1.807, 2.05) is 0 Å². The van der Waals surface area contributed by atoms with E-state index in [1.54, 1.807) is 24.3 Å². The molecule has 25 heavy (non-hydrogen) atoms. The maximum atomic E-state index is 13.5. The highest BCUT2D eigenvalue weighted by molar-refractivity contribution is 6.33. The number of anilines is 1. The summed E-state index contributed by atoms with van der Waals surface area (Å²) in [6.07, 6.45) is 0.0230. The van der Waals surface area contributed by atoms with Gasteiger partial charge in [-0.3, -0.25) is 9.59 Å². The first-order valence-electron chi connectivity index (χ1n) is 7.59. The molecule has 0 spiro atoms. The van der Waals surface area contributed by atoms with Gasteiger partial charge in [-0.25, -0.2) is 8.78 Å². The molecule has 132 valence electrons. The highest BCUT2D eigenvalue weighted by Gasteiger charge is 2.15. The van der Waals surface area contributed by atoms with Crippen molar-refractivity contribution < 1.29 is 18.4 Å². The van der Waals surface area contributed by atoms with Gasteiger partial charge in [0.15, 0.2) is 0 Å². The fourth-order valence-electron chi connectivity index (χ4n) is 2.22. The number of hydrogen-bond acceptors (Lipinski definition) is 2. The molecule has 0 aliphatic carbocycles. The summed E-state index contributed by atoms with van der Waals surface area (Å²) < 4.78 is 26.7. The van der Waals surface area contributed by atoms with E-state index in [4.69, 9.17) is 11.6 Å². The lowest BCUT2D eigenvalue weighted by atomic mass is 10.1. The van der Waals surface area contributed by atoms with E-state index in [0.29, 0.717) is 10.7 Å². The summed E-state index contributed by atoms with van der Waals surface area (Å²) in [5.41, 5.74) is 0.583. The number of nitrogens with one attached hydrogen (secondary N) is 1. The summed E-state index contributed by atoms with van der Waals surface area (Å²) in [5, 5.41) is 3.01. The van der Waals surface area contributed by atoms with Crippen LogP contribution in [0, 0.1) is 11.6 Å². The molecule has 2 rings (SSSR count). The first kappa shape index (κ1) is 18.9. The third-order valence-electron chi connectivity index (χ3n) is 3.57. The summed E-state index contributed by atoms with van der Waals surface area (Å²) in [7, 11) is 1.47. The Morgan fingerprint density at radius 1 is 1.16 bits per heavy atom. The van der Waals surface area contributed by atoms with Crippen LogP contribution in [-0.2, 0) is 16.0 Å². The lowest BCUT2D eigenvalue weighted by Crippen LogP contribution is -2.35. The van der Waals surface area contributed by atoms with Crippen molar-refractivity contribution in [1.29, 1.82) is 0 Å². The van der Waals surface area contributed by atoms with Gasteiger partial charge < -0.3 is 10.2 Å². The predicted molar refractivity (Wildman–Crippen MR) is 92.4 cm³/mol. The average Bonchev–Trinajstić information content (AvgIpc) is 2.57. The molecule has 0 unspecified atom stereocenters. The van der Waals surface area contributed by atoms with Gasteiger partial charge in [0, 0.05) is 13.5 Å². The summed E-state index contributed by atoms with van der Waals surface area (Å²) >= 11 is 5.95. The Balaban J connectivity index is 1.86. The van der Waals surface area contributed by atoms with Crippen LogP contribution in [0.5, 0.6) is 0 Å². The Hall–Kier alpha value is -2.47. The lowest BCUT2D eigenvalue weighted by Gasteiger charge is -2.17. The van der Waals surface area contributed by atoms with E-state index in [2.05, 4.69) is 5.32 Å². The van der Waals surface area contributed by atoms with E-state index in [1.165, 1.54) is 11.9 Å². The van der Waals surface area contributed by atoms with Crippen LogP contribution < -0.4 is 5.32 Å². The van der Waals surface area contributed by atoms with Crippen molar-refractivity contribution in [2.45, 2.75) is 12.8 Å². The minimum absolute atomic E-state index is 0.0315. The van der Waals surface area contributed by atoms with E-state index in [0.717, 1.165) is 18.2 Å². The minimum atomic E-state index is -0.562. The molecule has 4 nitrogen and oxygen atoms in total. The van der Waals surface area contributed by atoms with Crippen molar-refractivity contribution >= 4 is 29.1 Å². The molecule has 0 bridgehead atoms. The lowest BCUT2D eigenvalue weighted by molar-refractivity contribution is -0.133. The molecule has 0 radical (unpaired) electrons. The number of likely N-dealkylation sites (N-methyl/N-ethyl adjacent to an activating group) is 1. The summed E-state index contributed by atoms with van der Waals surface area (Å²) in [5.74, 6) is -1.87. The molecule has 2 amide bonds. The smallest absolute Gasteiger partial charge is 0.244 e. The van der Waals surface area contributed by atoms with Crippen LogP contribution in [0.1, 0.15) is 12.0 Å². The van der Waals surface area contributed by atoms with Gasteiger partial charge in [0.05, 0.1) is 17.3 Å². The molecule has 0 saturated carbocycles. The van der Waals surface area contributed by atoms with Crippen molar-refractivity contribution in [3.63, 3.8) is 0 Å². The van der Waals surface area contributed by atoms with Crippen molar-refractivity contribution in [3.8, 4) is 0 Å². The van der Waals surface area contributed by atoms with Gasteiger partial charge in [0.25, 0.3) is 0 Å². The average molecular weight is 367 g/mol. The predicted octanol–water partition coefficient (Wildman–Crippen LogP) is 3.65. The van der Waals surface area contributed by atoms with Gasteiger partial charge in [0.2, 0.25) is 11.8 Å². The van der Waals surface area contributed by atoms with Gasteiger partial charge in [-0.1, -0.05) is 23.7 Å². The molecule has 0 heterocycles. The molecule has 0 aliphatic rings. The zero-order chi connectivity index (χ0) is 18.4. The zero-order valence-electron chi connectivity index (χ0n) is 13.6. The van der Waals surface area contributed by atoms with Crippen molar-refractivity contribution in [2.24, 2.45) is 0 Å². The molecule has 7 heteroatoms. The third-order valence-corrected chi connectivity index (χ3v) is 3.90. The van der Waals surface area contributed by atoms with Crippen molar-refractivity contribution in [1.82, 2.24) is 4.90 Å². The normalized spacial score (nSPS) is 10.4. The fourth-order valence-corrected chi connectivity index (χ4v) is 2.41. The first-order valence-corrected chi connectivity index (χ1v) is 7.97. The third kappa shape index (κ3) is 5.53. The number of amides is 2. The van der Waals surface area contributed by atoms with E-state index < -0.39 is 17.5 Å². The molecule has 0 fully saturated rings. The molecular weight excluding hydrogens is 350 g/mol. The first-order chi connectivity index (χ1) is 11.9. The quantitative estimate of drug-likeness (QED) is 0.848. The molecule has 0 saturated heterocycles. The Kier molecular flexibility index (Phi) is 6.47. The summed E-state index contributed by atoms with van der Waals surface area (Å²) in [6, 6.07) is 9.85. The Morgan fingerprint density at radius 2 is 1.88 bits per heavy atom. The number of carbonyl (C=O) groups excluding carboxylic acids is 2. The van der Waals surface area contributed by atoms with Crippen LogP contribution in [0.4, 0.5) is 14.5 Å². The molecule has 2 aromatic rings. The molecular formula is C18H17ClF2N2O2. The molecule has 1 N–H and O–H groups in total. The maximum absolute atomic E-state index is 13.5. The zero-order valence-corrected chi connectivity index (χ0v) is 14.3. The topological polar surface area (TPSA) is 49.4 Å². The highest BCUT2D eigenvalue weighted by Crippen LogP contribution is 2.20. The van der Waals surface area contributed by atoms with Crippen LogP contribution >= 0.6 is 11.6 Å². The molecule has 2 aromatic carbocycles. The van der Waals surface area contributed by atoms with Gasteiger partial charge in [0.1, 0.15) is 11.6 Å². The monoisotopic (exact) mass is 366 g/mol. The maximum Gasteiger partial charge on any atom is 0.244 e. The van der Waals surface area contributed by atoms with Gasteiger partial charge in [-0.05, 0) is 42.3 Å². The molecule has 0 atom stereocenters. The number of para-hydroxylation sites is 1. The Morgan fingerprint density at radius 3 is 2.60 bits per heavy atom. The van der Waals surface area contributed by atoms with Gasteiger partial charge in [-0.15, -0.1) is 0 Å². The number of carbonyl (C=O) groups is 2. The molecule has 0 aliphatic heterocycles. The van der Waals surface area contributed by atoms with Crippen LogP contribution in [0.15, 0.2) is 42.5 Å². The Bertz CT molecular complexity index is 783. The van der Waals surface area contributed by atoms with Crippen LogP contribution in [0.2, 0.25) is 5.02 Å². The van der Waals surface area contributed by atoms with Crippen molar-refractivity contribution in [3.05, 3.63) is 64.7 Å². The van der Waals surface area contributed by atoms with E-state index >= 15 is 0 Å². The van der Waals surface area contributed by atoms with E-state index in [9.17, 15) is 18.4 Å². The van der Waals surface area contributed by atoms with Crippen LogP contribution in [0.25, 0.3) is 0 Å². The SMILES string of the molecule is CN(CC(=O)Nc1ccccc1Cl)C(=O)CCc1cc(F)ccc1F. The number of rotatable bonds is 6. The van der Waals surface area contributed by atoms with Crippen molar-refractivity contribution in [2.75, 3.05) is 18.9 Å². The minimum Gasteiger partial charge on any atom is -0.336 e. The van der Waals surface area contributed by atoms with Crippen LogP contribution in [-0.4, -0.2) is 30.3 Å². The number of aryl methyl sites for hydroxylation is 1. The number of benzene rings is 2. The number of nitrogens with zero attached hydrogens (tertiary/aromatic N) is 1. The second kappa shape index (κ2) is 8.58. The second-order valence-electron chi connectivity index (χ2n) is 5.51. The number of halogens is 3. The van der Waals surface area contributed by atoms with Crippen LogP contribution in [0.3, 0.4) is 0 Å². The Labute approximate surface area is 149 Å². The largest absolute Gasteiger partial charge is 0.336 e. The second-order valence-corrected chi connectivity index (χ2v) is 5.92.